The zero-order chi connectivity index (χ0) is 26.2. The zero-order valence-corrected chi connectivity index (χ0v) is 21.2. The third-order valence-electron chi connectivity index (χ3n) is 6.94. The molecule has 0 saturated heterocycles. The van der Waals surface area contributed by atoms with Gasteiger partial charge in [-0.2, -0.15) is 10.2 Å². The van der Waals surface area contributed by atoms with Crippen LogP contribution in [-0.4, -0.2) is 26.9 Å². The number of benzene rings is 1. The molecule has 0 unspecified atom stereocenters. The Hall–Kier alpha value is -4.06. The lowest BCUT2D eigenvalue weighted by Crippen LogP contribution is -2.29. The molecule has 5 rings (SSSR count). The van der Waals surface area contributed by atoms with Crippen LogP contribution in [0.15, 0.2) is 41.1 Å². The van der Waals surface area contributed by atoms with Crippen LogP contribution in [-0.2, 0) is 16.6 Å². The number of rotatable bonds is 5. The average Bonchev–Trinajstić information content (AvgIpc) is 3.55. The van der Waals surface area contributed by atoms with Crippen LogP contribution in [0.1, 0.15) is 80.1 Å². The van der Waals surface area contributed by atoms with Gasteiger partial charge in [0.05, 0.1) is 23.9 Å². The van der Waals surface area contributed by atoms with Crippen LogP contribution in [0.2, 0.25) is 0 Å². The molecule has 2 amide bonds. The van der Waals surface area contributed by atoms with Gasteiger partial charge in [-0.25, -0.2) is 4.98 Å². The molecule has 2 heterocycles. The Morgan fingerprint density at radius 3 is 2.68 bits per heavy atom. The van der Waals surface area contributed by atoms with Crippen LogP contribution in [0.3, 0.4) is 0 Å². The molecule has 1 saturated carbocycles. The van der Waals surface area contributed by atoms with Crippen LogP contribution in [0.4, 0.5) is 5.82 Å². The van der Waals surface area contributed by atoms with Crippen LogP contribution in [0.5, 0.6) is 0 Å². The first-order valence-corrected chi connectivity index (χ1v) is 12.7. The largest absolute Gasteiger partial charge is 0.341 e. The van der Waals surface area contributed by atoms with E-state index in [0.717, 1.165) is 42.4 Å². The van der Waals surface area contributed by atoms with E-state index in [0.29, 0.717) is 18.1 Å². The molecule has 9 heteroatoms. The molecule has 2 aliphatic carbocycles. The number of hydrogen-bond acceptors (Lipinski definition) is 7. The van der Waals surface area contributed by atoms with Gasteiger partial charge in [-0.3, -0.25) is 9.59 Å². The summed E-state index contributed by atoms with van der Waals surface area (Å²) in [6.07, 6.45) is 6.03. The van der Waals surface area contributed by atoms with Crippen molar-refractivity contribution in [3.05, 3.63) is 59.4 Å². The number of amides is 2. The topological polar surface area (TPSA) is 134 Å². The number of pyridine rings is 1. The number of carbonyl (C=O) groups excluding carboxylic acids is 2. The van der Waals surface area contributed by atoms with Crippen molar-refractivity contribution < 1.29 is 14.1 Å². The first-order valence-electron chi connectivity index (χ1n) is 12.7. The molecule has 2 N–H and O–H groups in total. The van der Waals surface area contributed by atoms with Crippen LogP contribution < -0.4 is 10.6 Å². The molecule has 3 atom stereocenters. The number of nitriles is 1. The number of nitrogens with zero attached hydrogens (tertiary/aromatic N) is 4. The molecule has 2 aliphatic rings. The quantitative estimate of drug-likeness (QED) is 0.486. The Morgan fingerprint density at radius 2 is 1.95 bits per heavy atom. The second-order valence-corrected chi connectivity index (χ2v) is 10.9. The van der Waals surface area contributed by atoms with E-state index in [2.05, 4.69) is 44.0 Å². The van der Waals surface area contributed by atoms with Gasteiger partial charge in [0, 0.05) is 11.6 Å². The Balaban J connectivity index is 1.33. The average molecular weight is 499 g/mol. The third-order valence-corrected chi connectivity index (χ3v) is 6.94. The molecule has 2 aromatic heterocycles. The molecule has 37 heavy (non-hydrogen) atoms. The van der Waals surface area contributed by atoms with Crippen LogP contribution in [0, 0.1) is 23.2 Å². The molecule has 1 aromatic carbocycles. The molecule has 3 aromatic rings. The summed E-state index contributed by atoms with van der Waals surface area (Å²) in [4.78, 5) is 33.8. The SMILES string of the molecule is CC(C)(C)c1noc(C(=O)N[C@H]2CCCCc3cc(-c4ccnc(NC(=O)[C@@H]5C[C@H]5C#N)c4)ccc32)n1. The molecule has 0 spiro atoms. The van der Waals surface area contributed by atoms with E-state index in [4.69, 9.17) is 9.78 Å². The van der Waals surface area contributed by atoms with Crippen molar-refractivity contribution in [2.24, 2.45) is 11.8 Å². The van der Waals surface area contributed by atoms with E-state index in [1.807, 2.05) is 39.0 Å². The van der Waals surface area contributed by atoms with Crippen molar-refractivity contribution in [3.8, 4) is 17.2 Å². The number of aromatic nitrogens is 3. The Kier molecular flexibility index (Phi) is 6.50. The summed E-state index contributed by atoms with van der Waals surface area (Å²) in [6, 6.07) is 12.0. The predicted octanol–water partition coefficient (Wildman–Crippen LogP) is 4.72. The molecule has 0 aliphatic heterocycles. The predicted molar refractivity (Wildman–Crippen MR) is 136 cm³/mol. The first-order chi connectivity index (χ1) is 17.7. The van der Waals surface area contributed by atoms with Gasteiger partial charge in [-0.15, -0.1) is 0 Å². The minimum absolute atomic E-state index is 0.0222. The van der Waals surface area contributed by atoms with E-state index in [9.17, 15) is 9.59 Å². The Labute approximate surface area is 215 Å². The minimum atomic E-state index is -0.367. The lowest BCUT2D eigenvalue weighted by atomic mass is 9.94. The molecular formula is C28H30N6O3. The summed E-state index contributed by atoms with van der Waals surface area (Å²) in [5.41, 5.74) is 3.91. The van der Waals surface area contributed by atoms with Gasteiger partial charge in [0.1, 0.15) is 5.82 Å². The van der Waals surface area contributed by atoms with Gasteiger partial charge in [-0.05, 0) is 60.1 Å². The van der Waals surface area contributed by atoms with Crippen LogP contribution in [0.25, 0.3) is 11.1 Å². The number of hydrogen-bond donors (Lipinski definition) is 2. The van der Waals surface area contributed by atoms with E-state index >= 15 is 0 Å². The zero-order valence-electron chi connectivity index (χ0n) is 21.2. The van der Waals surface area contributed by atoms with Gasteiger partial charge in [-0.1, -0.05) is 50.5 Å². The second-order valence-electron chi connectivity index (χ2n) is 10.9. The van der Waals surface area contributed by atoms with Gasteiger partial charge in [0.15, 0.2) is 5.82 Å². The van der Waals surface area contributed by atoms with Crippen LogP contribution >= 0.6 is 0 Å². The van der Waals surface area contributed by atoms with Gasteiger partial charge >= 0.3 is 11.8 Å². The van der Waals surface area contributed by atoms with E-state index < -0.39 is 0 Å². The highest BCUT2D eigenvalue weighted by Crippen LogP contribution is 2.38. The monoisotopic (exact) mass is 498 g/mol. The van der Waals surface area contributed by atoms with Crippen molar-refractivity contribution in [2.75, 3.05) is 5.32 Å². The van der Waals surface area contributed by atoms with Gasteiger partial charge in [0.25, 0.3) is 0 Å². The normalized spacial score (nSPS) is 20.8. The number of carbonyl (C=O) groups is 2. The summed E-state index contributed by atoms with van der Waals surface area (Å²) in [5.74, 6) is -0.0185. The molecule has 9 nitrogen and oxygen atoms in total. The lowest BCUT2D eigenvalue weighted by Gasteiger charge is -2.19. The summed E-state index contributed by atoms with van der Waals surface area (Å²) < 4.78 is 5.24. The highest BCUT2D eigenvalue weighted by Gasteiger charge is 2.43. The molecule has 190 valence electrons. The van der Waals surface area contributed by atoms with E-state index in [1.54, 1.807) is 6.20 Å². The first kappa shape index (κ1) is 24.6. The lowest BCUT2D eigenvalue weighted by molar-refractivity contribution is -0.117. The minimum Gasteiger partial charge on any atom is -0.341 e. The molecule has 0 bridgehead atoms. The Bertz CT molecular complexity index is 1380. The summed E-state index contributed by atoms with van der Waals surface area (Å²) in [7, 11) is 0. The third kappa shape index (κ3) is 5.38. The van der Waals surface area contributed by atoms with E-state index in [1.165, 1.54) is 5.56 Å². The maximum absolute atomic E-state index is 12.9. The smallest absolute Gasteiger partial charge is 0.315 e. The van der Waals surface area contributed by atoms with Crippen molar-refractivity contribution in [3.63, 3.8) is 0 Å². The number of anilines is 1. The van der Waals surface area contributed by atoms with Crippen molar-refractivity contribution >= 4 is 17.6 Å². The summed E-state index contributed by atoms with van der Waals surface area (Å²) >= 11 is 0. The van der Waals surface area contributed by atoms with E-state index in [-0.39, 0.29) is 41.0 Å². The fourth-order valence-electron chi connectivity index (χ4n) is 4.68. The molecule has 0 radical (unpaired) electrons. The van der Waals surface area contributed by atoms with Crippen molar-refractivity contribution in [2.45, 2.75) is 64.3 Å². The fourth-order valence-corrected chi connectivity index (χ4v) is 4.68. The highest BCUT2D eigenvalue weighted by molar-refractivity contribution is 5.94. The highest BCUT2D eigenvalue weighted by atomic mass is 16.5. The maximum Gasteiger partial charge on any atom is 0.315 e. The maximum atomic E-state index is 12.9. The van der Waals surface area contributed by atoms with Crippen molar-refractivity contribution in [1.82, 2.24) is 20.4 Å². The molecular weight excluding hydrogens is 468 g/mol. The number of nitrogens with one attached hydrogen (secondary N) is 2. The summed E-state index contributed by atoms with van der Waals surface area (Å²) in [5, 5.41) is 18.9. The Morgan fingerprint density at radius 1 is 1.14 bits per heavy atom. The molecule has 1 fully saturated rings. The standard InChI is InChI=1S/C28H30N6O3/c1-28(2,3)27-33-26(37-34-27)25(36)31-22-7-5-4-6-18-12-16(8-9-20(18)22)17-10-11-30-23(14-17)32-24(35)21-13-19(21)15-29/h8-12,14,19,21-22H,4-7,13H2,1-3H3,(H,31,36)(H,30,32,35)/t19-,21+,22-/m0/s1. The number of aryl methyl sites for hydroxylation is 1. The van der Waals surface area contributed by atoms with Gasteiger partial charge < -0.3 is 15.2 Å². The summed E-state index contributed by atoms with van der Waals surface area (Å²) in [6.45, 7) is 5.90. The van der Waals surface area contributed by atoms with Crippen molar-refractivity contribution in [1.29, 1.82) is 5.26 Å². The number of fused-ring (bicyclic) bond motifs is 1. The fraction of sp³-hybridized carbons (Fsp3) is 0.429. The van der Waals surface area contributed by atoms with Gasteiger partial charge in [0.2, 0.25) is 5.91 Å². The second kappa shape index (κ2) is 9.77.